The second-order valence-electron chi connectivity index (χ2n) is 19.5. The van der Waals surface area contributed by atoms with Crippen molar-refractivity contribution in [2.45, 2.75) is 93.7 Å². The van der Waals surface area contributed by atoms with Crippen molar-refractivity contribution in [3.05, 3.63) is 185 Å². The molecule has 0 saturated carbocycles. The van der Waals surface area contributed by atoms with Gasteiger partial charge in [-0.2, -0.15) is 0 Å². The second kappa shape index (κ2) is 19.4. The normalized spacial score (nSPS) is 12.5. The van der Waals surface area contributed by atoms with Crippen molar-refractivity contribution in [2.75, 3.05) is 0 Å². The van der Waals surface area contributed by atoms with Gasteiger partial charge < -0.3 is 14.0 Å². The van der Waals surface area contributed by atoms with Crippen molar-refractivity contribution in [3.63, 3.8) is 0 Å². The maximum absolute atomic E-state index is 7.35. The fourth-order valence-electron chi connectivity index (χ4n) is 8.99. The Balaban J connectivity index is 0.000000271. The van der Waals surface area contributed by atoms with Crippen molar-refractivity contribution in [3.8, 4) is 50.6 Å². The van der Waals surface area contributed by atoms with Crippen LogP contribution in [0.1, 0.15) is 82.8 Å². The molecule has 0 spiro atoms. The van der Waals surface area contributed by atoms with Gasteiger partial charge in [0.2, 0.25) is 0 Å². The average Bonchev–Trinajstić information content (AvgIpc) is 3.93. The van der Waals surface area contributed by atoms with E-state index in [1.807, 2.05) is 18.3 Å². The molecule has 1 radical (unpaired) electrons. The van der Waals surface area contributed by atoms with Crippen molar-refractivity contribution < 1.29 is 28.6 Å². The zero-order valence-corrected chi connectivity index (χ0v) is 44.3. The average molecular weight is 1090 g/mol. The third kappa shape index (κ3) is 9.32. The van der Waals surface area contributed by atoms with Crippen LogP contribution in [-0.4, -0.2) is 27.6 Å². The summed E-state index contributed by atoms with van der Waals surface area (Å²) in [6, 6.07) is 50.4. The smallest absolute Gasteiger partial charge is 0.121 e. The van der Waals surface area contributed by atoms with E-state index in [4.69, 9.17) is 18.5 Å². The summed E-state index contributed by atoms with van der Waals surface area (Å²) < 4.78 is 31.3. The first kappa shape index (κ1) is 44.3. The van der Waals surface area contributed by atoms with Crippen LogP contribution in [-0.2, 0) is 20.1 Å². The van der Waals surface area contributed by atoms with Crippen LogP contribution in [0.3, 0.4) is 0 Å². The molecule has 10 rings (SSSR count). The summed E-state index contributed by atoms with van der Waals surface area (Å²) >= 11 is 0. The van der Waals surface area contributed by atoms with Gasteiger partial charge in [-0.3, -0.25) is 9.97 Å². The molecule has 0 amide bonds. The first-order chi connectivity index (χ1) is 33.3. The van der Waals surface area contributed by atoms with E-state index in [1.165, 1.54) is 50.3 Å². The fourth-order valence-corrected chi connectivity index (χ4v) is 10.0. The molecule has 10 aromatic rings. The maximum atomic E-state index is 7.35. The Morgan fingerprint density at radius 2 is 1.34 bits per heavy atom. The number of fused-ring (bicyclic) bond motifs is 4. The van der Waals surface area contributed by atoms with Crippen LogP contribution in [0, 0.1) is 46.7 Å². The third-order valence-corrected chi connectivity index (χ3v) is 15.0. The molecule has 7 heteroatoms. The van der Waals surface area contributed by atoms with Gasteiger partial charge in [0.1, 0.15) is 5.58 Å². The van der Waals surface area contributed by atoms with E-state index in [0.717, 1.165) is 78.1 Å². The Morgan fingerprint density at radius 3 is 1.96 bits per heavy atom. The number of hydrogen-bond acceptors (Lipinski definition) is 4. The van der Waals surface area contributed by atoms with E-state index in [1.54, 1.807) is 12.1 Å². The maximum Gasteiger partial charge on any atom is 0.121 e. The Bertz CT molecular complexity index is 3450. The zero-order valence-electron chi connectivity index (χ0n) is 43.9. The predicted molar refractivity (Wildman–Crippen MR) is 285 cm³/mol. The van der Waals surface area contributed by atoms with Crippen molar-refractivity contribution in [1.82, 2.24) is 19.5 Å². The van der Waals surface area contributed by atoms with Crippen LogP contribution in [0.15, 0.2) is 138 Å². The van der Waals surface area contributed by atoms with Gasteiger partial charge in [-0.15, -0.1) is 53.6 Å². The molecular formula is C61H60IrN4OSi-2. The molecule has 68 heavy (non-hydrogen) atoms. The standard InChI is InChI=1S/C46H42N3O.C15H18NSi.Ir/c1-26(2)39-23-35(32-13-10-9-11-14-32)24-40(27(3)4)44(39)49-43-29(6)30(7)47-31(8)42(43)48-46(49)38-16-12-15-37-36-22-21-34(25-41(36)50-45(37)38)33-19-17-28(5)18-20-33;1-12-5-7-13(8-6-12)15-10-9-14(11-16-15)17(2,3)4;/h9-15,17-27H,1-8H3;5-7,9-11H,1-4H3;/q2*-1;/i;1D3;. The summed E-state index contributed by atoms with van der Waals surface area (Å²) in [5, 5.41) is 3.44. The number of benzene rings is 6. The van der Waals surface area contributed by atoms with Crippen molar-refractivity contribution in [2.24, 2.45) is 0 Å². The molecular weight excluding hydrogens is 1030 g/mol. The number of pyridine rings is 2. The van der Waals surface area contributed by atoms with E-state index in [0.29, 0.717) is 5.56 Å². The van der Waals surface area contributed by atoms with E-state index in [-0.39, 0.29) is 31.9 Å². The molecule has 0 N–H and O–H groups in total. The summed E-state index contributed by atoms with van der Waals surface area (Å²) in [6.45, 7) is 22.4. The Hall–Kier alpha value is -6.24. The second-order valence-corrected chi connectivity index (χ2v) is 24.6. The number of furan rings is 1. The van der Waals surface area contributed by atoms with Gasteiger partial charge in [-0.1, -0.05) is 150 Å². The van der Waals surface area contributed by atoms with Crippen LogP contribution < -0.4 is 5.19 Å². The fraction of sp³-hybridized carbons (Fsp3) is 0.230. The predicted octanol–water partition coefficient (Wildman–Crippen LogP) is 16.0. The zero-order chi connectivity index (χ0) is 49.8. The summed E-state index contributed by atoms with van der Waals surface area (Å²) in [4.78, 5) is 14.9. The molecule has 0 bridgehead atoms. The third-order valence-electron chi connectivity index (χ3n) is 13.0. The molecule has 0 aliphatic rings. The largest absolute Gasteiger partial charge is 0.501 e. The van der Waals surface area contributed by atoms with Crippen LogP contribution >= 0.6 is 0 Å². The van der Waals surface area contributed by atoms with Gasteiger partial charge >= 0.3 is 0 Å². The number of imidazole rings is 1. The van der Waals surface area contributed by atoms with Gasteiger partial charge in [0.05, 0.1) is 36.2 Å². The molecule has 4 aromatic heterocycles. The van der Waals surface area contributed by atoms with Crippen molar-refractivity contribution >= 4 is 46.2 Å². The molecule has 0 aliphatic carbocycles. The molecule has 6 aromatic carbocycles. The number of aryl methyl sites for hydroxylation is 5. The number of rotatable bonds is 8. The van der Waals surface area contributed by atoms with E-state index >= 15 is 0 Å². The molecule has 0 fully saturated rings. The first-order valence-corrected chi connectivity index (χ1v) is 26.8. The minimum atomic E-state index is -2.08. The van der Waals surface area contributed by atoms with Crippen LogP contribution in [0.5, 0.6) is 0 Å². The minimum absolute atomic E-state index is 0. The molecule has 0 aliphatic heterocycles. The van der Waals surface area contributed by atoms with Crippen LogP contribution in [0.2, 0.25) is 19.6 Å². The first-order valence-electron chi connectivity index (χ1n) is 24.8. The topological polar surface area (TPSA) is 56.7 Å². The molecule has 0 saturated heterocycles. The van der Waals surface area contributed by atoms with Gasteiger partial charge in [-0.05, 0) is 108 Å². The van der Waals surface area contributed by atoms with Gasteiger partial charge in [0, 0.05) is 47.2 Å². The monoisotopic (exact) mass is 1090 g/mol. The van der Waals surface area contributed by atoms with Gasteiger partial charge in [-0.25, -0.2) is 0 Å². The summed E-state index contributed by atoms with van der Waals surface area (Å²) in [5.74, 6) is 1.33. The Morgan fingerprint density at radius 1 is 0.662 bits per heavy atom. The van der Waals surface area contributed by atoms with Gasteiger partial charge in [0.25, 0.3) is 0 Å². The Labute approximate surface area is 421 Å². The molecule has 345 valence electrons. The minimum Gasteiger partial charge on any atom is -0.501 e. The van der Waals surface area contributed by atoms with E-state index < -0.39 is 14.9 Å². The van der Waals surface area contributed by atoms with Crippen molar-refractivity contribution in [1.29, 1.82) is 0 Å². The molecule has 4 heterocycles. The van der Waals surface area contributed by atoms with E-state index in [9.17, 15) is 0 Å². The van der Waals surface area contributed by atoms with Crippen LogP contribution in [0.4, 0.5) is 0 Å². The molecule has 0 atom stereocenters. The van der Waals surface area contributed by atoms with E-state index in [2.05, 4.69) is 194 Å². The summed E-state index contributed by atoms with van der Waals surface area (Å²) in [6.07, 6.45) is 1.92. The number of aromatic nitrogens is 4. The summed E-state index contributed by atoms with van der Waals surface area (Å²) in [5.41, 5.74) is 19.2. The molecule has 0 unspecified atom stereocenters. The number of hydrogen-bond donors (Lipinski definition) is 0. The van der Waals surface area contributed by atoms with Crippen LogP contribution in [0.25, 0.3) is 83.6 Å². The quantitative estimate of drug-likeness (QED) is 0.112. The van der Waals surface area contributed by atoms with Gasteiger partial charge in [0.15, 0.2) is 0 Å². The summed E-state index contributed by atoms with van der Waals surface area (Å²) in [7, 11) is -1.34. The number of nitrogens with zero attached hydrogens (tertiary/aromatic N) is 4. The molecule has 5 nitrogen and oxygen atoms in total. The SMILES string of the molecule is Cc1ccc(-c2ccc3c(c2)oc2c(-c4nc5c(C)nc(C)c(C)c5n4-c4c(C(C)C)cc(-c5ccccc5)cc4C(C)C)[c-]ccc23)cc1.[2H]C([2H])([2H])c1c[c-]c(-c2ccc([Si](C)(C)C)cn2)cc1.[Ir]. The Kier molecular flexibility index (Phi) is 12.6.